The van der Waals surface area contributed by atoms with E-state index in [1.54, 1.807) is 32.9 Å². The van der Waals surface area contributed by atoms with E-state index in [2.05, 4.69) is 5.32 Å². The van der Waals surface area contributed by atoms with E-state index in [0.29, 0.717) is 5.56 Å². The first kappa shape index (κ1) is 22.8. The van der Waals surface area contributed by atoms with E-state index in [0.717, 1.165) is 0 Å². The van der Waals surface area contributed by atoms with Gasteiger partial charge in [0.15, 0.2) is 0 Å². The van der Waals surface area contributed by atoms with Gasteiger partial charge in [-0.25, -0.2) is 4.79 Å². The zero-order valence-electron chi connectivity index (χ0n) is 15.7. The van der Waals surface area contributed by atoms with E-state index >= 15 is 0 Å². The molecule has 0 aliphatic rings. The number of hydrogen-bond acceptors (Lipinski definition) is 6. The Morgan fingerprint density at radius 3 is 2.22 bits per heavy atom. The van der Waals surface area contributed by atoms with Crippen LogP contribution in [-0.2, 0) is 24.6 Å². The Balaban J connectivity index is 2.82. The van der Waals surface area contributed by atoms with Crippen LogP contribution in [0.15, 0.2) is 24.3 Å². The van der Waals surface area contributed by atoms with Crippen molar-refractivity contribution in [2.45, 2.75) is 39.4 Å². The first-order chi connectivity index (χ1) is 12.7. The molecule has 0 aliphatic heterocycles. The highest BCUT2D eigenvalue weighted by Gasteiger charge is 2.25. The molecule has 0 aliphatic carbocycles. The number of amides is 1. The number of carbonyl (C=O) groups excluding carboxylic acids is 1. The third-order valence-corrected chi connectivity index (χ3v) is 5.71. The van der Waals surface area contributed by atoms with Crippen LogP contribution in [0.1, 0.15) is 43.1 Å². The van der Waals surface area contributed by atoms with Crippen LogP contribution in [-0.4, -0.2) is 36.2 Å². The largest absolute Gasteiger partial charge is 0.480 e. The van der Waals surface area contributed by atoms with Gasteiger partial charge in [0.25, 0.3) is 5.91 Å². The summed E-state index contributed by atoms with van der Waals surface area (Å²) in [6.45, 7) is 5.56. The quantitative estimate of drug-likeness (QED) is 0.550. The average molecular weight is 396 g/mol. The van der Waals surface area contributed by atoms with Gasteiger partial charge in [-0.05, 0) is 44.9 Å². The number of nitrogens with zero attached hydrogens (tertiary/aromatic N) is 1. The molecule has 0 heterocycles. The summed E-state index contributed by atoms with van der Waals surface area (Å²) in [5, 5.41) is 20.4. The summed E-state index contributed by atoms with van der Waals surface area (Å²) in [5.74, 6) is -2.26. The van der Waals surface area contributed by atoms with Gasteiger partial charge < -0.3 is 19.5 Å². The van der Waals surface area contributed by atoms with Crippen molar-refractivity contribution >= 4 is 19.5 Å². The SMILES string of the molecule is CCOP(=O)(Cc1ccc(C(=O)N[C@H](C[C@@H](C)C#N)C(=O)O)cc1)OCC. The molecule has 0 bridgehead atoms. The number of rotatable bonds is 11. The van der Waals surface area contributed by atoms with E-state index in [9.17, 15) is 19.3 Å². The second-order valence-corrected chi connectivity index (χ2v) is 7.99. The van der Waals surface area contributed by atoms with Crippen molar-refractivity contribution in [2.24, 2.45) is 5.92 Å². The molecular weight excluding hydrogens is 371 g/mol. The predicted molar refractivity (Wildman–Crippen MR) is 99.3 cm³/mol. The fourth-order valence-electron chi connectivity index (χ4n) is 2.38. The summed E-state index contributed by atoms with van der Waals surface area (Å²) >= 11 is 0. The van der Waals surface area contributed by atoms with Crippen LogP contribution < -0.4 is 5.32 Å². The Morgan fingerprint density at radius 1 is 1.22 bits per heavy atom. The topological polar surface area (TPSA) is 126 Å². The Bertz CT molecular complexity index is 718. The monoisotopic (exact) mass is 396 g/mol. The molecule has 1 rings (SSSR count). The van der Waals surface area contributed by atoms with Crippen molar-refractivity contribution in [2.75, 3.05) is 13.2 Å². The van der Waals surface area contributed by atoms with Gasteiger partial charge in [-0.15, -0.1) is 0 Å². The Labute approximate surface area is 159 Å². The molecule has 0 saturated heterocycles. The average Bonchev–Trinajstić information content (AvgIpc) is 2.61. The Morgan fingerprint density at radius 2 is 1.78 bits per heavy atom. The summed E-state index contributed by atoms with van der Waals surface area (Å²) in [7, 11) is -3.24. The normalized spacial score (nSPS) is 13.4. The Kier molecular flexibility index (Phi) is 9.16. The van der Waals surface area contributed by atoms with Gasteiger partial charge in [-0.3, -0.25) is 9.36 Å². The van der Waals surface area contributed by atoms with E-state index in [1.165, 1.54) is 12.1 Å². The summed E-state index contributed by atoms with van der Waals surface area (Å²) in [6, 6.07) is 7.06. The van der Waals surface area contributed by atoms with Gasteiger partial charge in [-0.1, -0.05) is 12.1 Å². The maximum absolute atomic E-state index is 12.5. The molecular formula is C18H25N2O6P. The molecule has 1 aromatic rings. The first-order valence-electron chi connectivity index (χ1n) is 8.65. The van der Waals surface area contributed by atoms with Crippen LogP contribution in [0.2, 0.25) is 0 Å². The summed E-state index contributed by atoms with van der Waals surface area (Å²) < 4.78 is 23.0. The van der Waals surface area contributed by atoms with Gasteiger partial charge >= 0.3 is 13.6 Å². The van der Waals surface area contributed by atoms with E-state index in [1.807, 2.05) is 6.07 Å². The smallest absolute Gasteiger partial charge is 0.335 e. The number of aliphatic carboxylic acids is 1. The number of nitrogens with one attached hydrogen (secondary N) is 1. The summed E-state index contributed by atoms with van der Waals surface area (Å²) in [5.41, 5.74) is 0.932. The maximum Gasteiger partial charge on any atom is 0.335 e. The number of carboxylic acid groups (broad SMARTS) is 1. The molecule has 27 heavy (non-hydrogen) atoms. The van der Waals surface area contributed by atoms with Crippen molar-refractivity contribution in [3.05, 3.63) is 35.4 Å². The zero-order chi connectivity index (χ0) is 20.4. The summed E-state index contributed by atoms with van der Waals surface area (Å²) in [4.78, 5) is 23.5. The lowest BCUT2D eigenvalue weighted by atomic mass is 10.0. The highest BCUT2D eigenvalue weighted by atomic mass is 31.2. The second kappa shape index (κ2) is 10.8. The molecule has 2 atom stereocenters. The minimum atomic E-state index is -3.24. The first-order valence-corrected chi connectivity index (χ1v) is 10.4. The lowest BCUT2D eigenvalue weighted by Gasteiger charge is -2.17. The van der Waals surface area contributed by atoms with Crippen molar-refractivity contribution in [3.8, 4) is 6.07 Å². The highest BCUT2D eigenvalue weighted by Crippen LogP contribution is 2.51. The summed E-state index contributed by atoms with van der Waals surface area (Å²) in [6.07, 6.45) is 0.0928. The molecule has 0 unspecified atom stereocenters. The molecule has 0 fully saturated rings. The molecule has 0 spiro atoms. The third kappa shape index (κ3) is 7.51. The third-order valence-electron chi connectivity index (χ3n) is 3.66. The molecule has 9 heteroatoms. The Hall–Kier alpha value is -2.20. The zero-order valence-corrected chi connectivity index (χ0v) is 16.6. The molecule has 0 radical (unpaired) electrons. The number of hydrogen-bond donors (Lipinski definition) is 2. The lowest BCUT2D eigenvalue weighted by molar-refractivity contribution is -0.139. The molecule has 0 saturated carbocycles. The molecule has 1 amide bonds. The van der Waals surface area contributed by atoms with E-state index in [-0.39, 0.29) is 31.4 Å². The second-order valence-electron chi connectivity index (χ2n) is 5.93. The van der Waals surface area contributed by atoms with Crippen molar-refractivity contribution < 1.29 is 28.3 Å². The van der Waals surface area contributed by atoms with Gasteiger partial charge in [0.2, 0.25) is 0 Å². The predicted octanol–water partition coefficient (Wildman–Crippen LogP) is 3.19. The number of nitriles is 1. The van der Waals surface area contributed by atoms with Crippen LogP contribution >= 0.6 is 7.60 Å². The van der Waals surface area contributed by atoms with Gasteiger partial charge in [0.05, 0.1) is 25.4 Å². The van der Waals surface area contributed by atoms with Gasteiger partial charge in [-0.2, -0.15) is 5.26 Å². The number of carboxylic acids is 1. The minimum absolute atomic E-state index is 0.0154. The standard InChI is InChI=1S/C18H25N2O6P/c1-4-25-27(24,26-5-2)12-14-6-8-15(9-7-14)17(21)20-16(18(22)23)10-13(3)11-19/h6-9,13,16H,4-5,10,12H2,1-3H3,(H,20,21)(H,22,23)/t13-,16-/m1/s1. The number of carbonyl (C=O) groups is 2. The molecule has 148 valence electrons. The molecule has 0 aromatic heterocycles. The fourth-order valence-corrected chi connectivity index (χ4v) is 4.08. The van der Waals surface area contributed by atoms with Crippen LogP contribution in [0, 0.1) is 17.2 Å². The molecule has 2 N–H and O–H groups in total. The van der Waals surface area contributed by atoms with E-state index in [4.69, 9.17) is 14.3 Å². The van der Waals surface area contributed by atoms with Crippen LogP contribution in [0.25, 0.3) is 0 Å². The highest BCUT2D eigenvalue weighted by molar-refractivity contribution is 7.53. The maximum atomic E-state index is 12.5. The van der Waals surface area contributed by atoms with Crippen LogP contribution in [0.3, 0.4) is 0 Å². The van der Waals surface area contributed by atoms with Crippen molar-refractivity contribution in [1.82, 2.24) is 5.32 Å². The van der Waals surface area contributed by atoms with E-state index < -0.39 is 31.4 Å². The molecule has 1 aromatic carbocycles. The minimum Gasteiger partial charge on any atom is -0.480 e. The fraction of sp³-hybridized carbons (Fsp3) is 0.500. The van der Waals surface area contributed by atoms with Gasteiger partial charge in [0.1, 0.15) is 6.04 Å². The molecule has 8 nitrogen and oxygen atoms in total. The van der Waals surface area contributed by atoms with Gasteiger partial charge in [0, 0.05) is 11.5 Å². The van der Waals surface area contributed by atoms with Crippen LogP contribution in [0.4, 0.5) is 0 Å². The van der Waals surface area contributed by atoms with Crippen LogP contribution in [0.5, 0.6) is 0 Å². The van der Waals surface area contributed by atoms with Crippen molar-refractivity contribution in [1.29, 1.82) is 5.26 Å². The lowest BCUT2D eigenvalue weighted by Crippen LogP contribution is -2.41. The number of benzene rings is 1. The van der Waals surface area contributed by atoms with Crippen molar-refractivity contribution in [3.63, 3.8) is 0 Å².